The van der Waals surface area contributed by atoms with Crippen molar-refractivity contribution in [2.75, 3.05) is 6.61 Å². The van der Waals surface area contributed by atoms with Crippen molar-refractivity contribution in [3.05, 3.63) is 11.1 Å². The molecule has 5 nitrogen and oxygen atoms in total. The largest absolute Gasteiger partial charge is 0.394 e. The maximum atomic E-state index is 11.5. The molecule has 1 heterocycles. The van der Waals surface area contributed by atoms with Gasteiger partial charge in [0.05, 0.1) is 12.1 Å². The lowest BCUT2D eigenvalue weighted by Gasteiger charge is -2.26. The van der Waals surface area contributed by atoms with E-state index in [2.05, 4.69) is 14.9 Å². The first-order valence-corrected chi connectivity index (χ1v) is 5.15. The Morgan fingerprint density at radius 2 is 2.50 bits per heavy atom. The number of hydrogen-bond donors (Lipinski definition) is 2. The second-order valence-electron chi connectivity index (χ2n) is 3.32. The SMILES string of the molecule is CCC(C)(CO)NC(=O)c1csnn1. The smallest absolute Gasteiger partial charge is 0.273 e. The summed E-state index contributed by atoms with van der Waals surface area (Å²) in [7, 11) is 0. The molecule has 0 aliphatic carbocycles. The monoisotopic (exact) mass is 215 g/mol. The molecule has 0 spiro atoms. The van der Waals surface area contributed by atoms with Gasteiger partial charge < -0.3 is 10.4 Å². The summed E-state index contributed by atoms with van der Waals surface area (Å²) in [6, 6.07) is 0. The van der Waals surface area contributed by atoms with Crippen LogP contribution in [0.5, 0.6) is 0 Å². The predicted molar refractivity (Wildman–Crippen MR) is 53.2 cm³/mol. The summed E-state index contributed by atoms with van der Waals surface area (Å²) in [4.78, 5) is 11.5. The highest BCUT2D eigenvalue weighted by atomic mass is 32.1. The van der Waals surface area contributed by atoms with Gasteiger partial charge in [0, 0.05) is 5.38 Å². The molecule has 1 unspecified atom stereocenters. The van der Waals surface area contributed by atoms with E-state index >= 15 is 0 Å². The Morgan fingerprint density at radius 1 is 1.79 bits per heavy atom. The number of nitrogens with one attached hydrogen (secondary N) is 1. The summed E-state index contributed by atoms with van der Waals surface area (Å²) in [5.41, 5.74) is -0.288. The molecule has 6 heteroatoms. The van der Waals surface area contributed by atoms with Gasteiger partial charge in [-0.2, -0.15) is 0 Å². The Bertz CT molecular complexity index is 296. The normalized spacial score (nSPS) is 14.8. The number of carbonyl (C=O) groups excluding carboxylic acids is 1. The highest BCUT2D eigenvalue weighted by molar-refractivity contribution is 7.03. The molecule has 0 aliphatic heterocycles. The van der Waals surface area contributed by atoms with Crippen molar-refractivity contribution in [2.45, 2.75) is 25.8 Å². The van der Waals surface area contributed by atoms with Crippen molar-refractivity contribution in [3.63, 3.8) is 0 Å². The van der Waals surface area contributed by atoms with Crippen molar-refractivity contribution in [1.29, 1.82) is 0 Å². The van der Waals surface area contributed by atoms with Crippen molar-refractivity contribution >= 4 is 17.4 Å². The first-order chi connectivity index (χ1) is 6.61. The predicted octanol–water partition coefficient (Wildman–Crippen LogP) is 0.429. The fourth-order valence-corrected chi connectivity index (χ4v) is 1.28. The maximum absolute atomic E-state index is 11.5. The van der Waals surface area contributed by atoms with Gasteiger partial charge in [-0.3, -0.25) is 4.79 Å². The Labute approximate surface area is 86.3 Å². The topological polar surface area (TPSA) is 75.1 Å². The molecule has 0 bridgehead atoms. The summed E-state index contributed by atoms with van der Waals surface area (Å²) < 4.78 is 3.59. The van der Waals surface area contributed by atoms with Crippen LogP contribution >= 0.6 is 11.5 Å². The van der Waals surface area contributed by atoms with Crippen molar-refractivity contribution in [2.24, 2.45) is 0 Å². The van der Waals surface area contributed by atoms with E-state index in [-0.39, 0.29) is 12.5 Å². The summed E-state index contributed by atoms with van der Waals surface area (Å²) in [5.74, 6) is -0.294. The fraction of sp³-hybridized carbons (Fsp3) is 0.625. The van der Waals surface area contributed by atoms with Crippen LogP contribution in [0.25, 0.3) is 0 Å². The molecule has 0 aliphatic rings. The zero-order valence-corrected chi connectivity index (χ0v) is 8.97. The van der Waals surface area contributed by atoms with E-state index in [9.17, 15) is 4.79 Å². The molecule has 1 aromatic heterocycles. The number of carbonyl (C=O) groups is 1. The maximum Gasteiger partial charge on any atom is 0.273 e. The quantitative estimate of drug-likeness (QED) is 0.763. The molecular weight excluding hydrogens is 202 g/mol. The number of hydrogen-bond acceptors (Lipinski definition) is 5. The van der Waals surface area contributed by atoms with Crippen LogP contribution in [-0.4, -0.2) is 32.7 Å². The Kier molecular flexibility index (Phi) is 3.54. The minimum absolute atomic E-state index is 0.0905. The molecule has 0 radical (unpaired) electrons. The van der Waals surface area contributed by atoms with Gasteiger partial charge in [-0.25, -0.2) is 0 Å². The second-order valence-corrected chi connectivity index (χ2v) is 3.93. The Hall–Kier alpha value is -1.01. The number of aliphatic hydroxyl groups is 1. The van der Waals surface area contributed by atoms with E-state index < -0.39 is 5.54 Å². The molecule has 0 saturated carbocycles. The molecule has 1 aromatic rings. The van der Waals surface area contributed by atoms with Crippen molar-refractivity contribution in [3.8, 4) is 0 Å². The van der Waals surface area contributed by atoms with E-state index in [1.165, 1.54) is 0 Å². The van der Waals surface area contributed by atoms with Gasteiger partial charge in [-0.1, -0.05) is 11.4 Å². The van der Waals surface area contributed by atoms with Crippen molar-refractivity contribution in [1.82, 2.24) is 14.9 Å². The zero-order chi connectivity index (χ0) is 10.6. The van der Waals surface area contributed by atoms with E-state index in [1.54, 1.807) is 12.3 Å². The van der Waals surface area contributed by atoms with E-state index in [0.29, 0.717) is 12.1 Å². The molecular formula is C8H13N3O2S. The highest BCUT2D eigenvalue weighted by Gasteiger charge is 2.24. The van der Waals surface area contributed by atoms with E-state index in [1.807, 2.05) is 6.92 Å². The van der Waals surface area contributed by atoms with E-state index in [0.717, 1.165) is 11.5 Å². The number of rotatable bonds is 4. The average Bonchev–Trinajstić information content (AvgIpc) is 2.70. The lowest BCUT2D eigenvalue weighted by Crippen LogP contribution is -2.48. The first kappa shape index (κ1) is 11.1. The van der Waals surface area contributed by atoms with Gasteiger partial charge in [0.2, 0.25) is 0 Å². The molecule has 0 saturated heterocycles. The van der Waals surface area contributed by atoms with Gasteiger partial charge in [-0.15, -0.1) is 5.10 Å². The Balaban J connectivity index is 2.65. The van der Waals surface area contributed by atoms with Gasteiger partial charge in [0.25, 0.3) is 5.91 Å². The third-order valence-corrected chi connectivity index (χ3v) is 2.64. The van der Waals surface area contributed by atoms with Crippen LogP contribution in [0.1, 0.15) is 30.8 Å². The summed E-state index contributed by atoms with van der Waals surface area (Å²) >= 11 is 1.12. The molecule has 1 rings (SSSR count). The lowest BCUT2D eigenvalue weighted by molar-refractivity contribution is 0.0842. The second kappa shape index (κ2) is 4.47. The van der Waals surface area contributed by atoms with Crippen LogP contribution in [0.3, 0.4) is 0 Å². The third kappa shape index (κ3) is 2.49. The van der Waals surface area contributed by atoms with Crippen LogP contribution in [0.2, 0.25) is 0 Å². The fourth-order valence-electron chi connectivity index (χ4n) is 0.841. The molecule has 1 atom stereocenters. The first-order valence-electron chi connectivity index (χ1n) is 4.32. The van der Waals surface area contributed by atoms with Gasteiger partial charge in [0.1, 0.15) is 0 Å². The third-order valence-electron chi connectivity index (χ3n) is 2.14. The van der Waals surface area contributed by atoms with Crippen LogP contribution in [0.4, 0.5) is 0 Å². The van der Waals surface area contributed by atoms with Gasteiger partial charge in [0.15, 0.2) is 5.69 Å². The van der Waals surface area contributed by atoms with Crippen LogP contribution in [-0.2, 0) is 0 Å². The minimum atomic E-state index is -0.583. The van der Waals surface area contributed by atoms with Crippen LogP contribution < -0.4 is 5.32 Å². The van der Waals surface area contributed by atoms with Crippen LogP contribution in [0, 0.1) is 0 Å². The molecule has 0 aromatic carbocycles. The summed E-state index contributed by atoms with van der Waals surface area (Å²) in [6.45, 7) is 3.59. The summed E-state index contributed by atoms with van der Waals surface area (Å²) in [6.07, 6.45) is 0.660. The molecule has 78 valence electrons. The Morgan fingerprint density at radius 3 is 2.93 bits per heavy atom. The molecule has 0 fully saturated rings. The van der Waals surface area contributed by atoms with E-state index in [4.69, 9.17) is 5.11 Å². The number of aromatic nitrogens is 2. The number of nitrogens with zero attached hydrogens (tertiary/aromatic N) is 2. The standard InChI is InChI=1S/C8H13N3O2S/c1-3-8(2,5-12)9-7(13)6-4-14-11-10-6/h4,12H,3,5H2,1-2H3,(H,9,13). The van der Waals surface area contributed by atoms with Gasteiger partial charge >= 0.3 is 0 Å². The molecule has 2 N–H and O–H groups in total. The van der Waals surface area contributed by atoms with Gasteiger partial charge in [-0.05, 0) is 24.9 Å². The molecule has 1 amide bonds. The average molecular weight is 215 g/mol. The minimum Gasteiger partial charge on any atom is -0.394 e. The highest BCUT2D eigenvalue weighted by Crippen LogP contribution is 2.09. The van der Waals surface area contributed by atoms with Crippen LogP contribution in [0.15, 0.2) is 5.38 Å². The number of amides is 1. The number of aliphatic hydroxyl groups excluding tert-OH is 1. The zero-order valence-electron chi connectivity index (χ0n) is 8.15. The lowest BCUT2D eigenvalue weighted by atomic mass is 10.0. The molecule has 14 heavy (non-hydrogen) atoms. The van der Waals surface area contributed by atoms with Crippen molar-refractivity contribution < 1.29 is 9.90 Å². The summed E-state index contributed by atoms with van der Waals surface area (Å²) in [5, 5.41) is 17.0.